The lowest BCUT2D eigenvalue weighted by molar-refractivity contribution is -0.0596. The van der Waals surface area contributed by atoms with Crippen LogP contribution < -0.4 is 0 Å². The second-order valence-corrected chi connectivity index (χ2v) is 4.50. The molecule has 1 aliphatic heterocycles. The van der Waals surface area contributed by atoms with Crippen molar-refractivity contribution >= 4 is 5.71 Å². The van der Waals surface area contributed by atoms with Gasteiger partial charge in [0.25, 0.3) is 0 Å². The monoisotopic (exact) mass is 248 g/mol. The average molecular weight is 248 g/mol. The highest BCUT2D eigenvalue weighted by molar-refractivity contribution is 6.00. The fourth-order valence-corrected chi connectivity index (χ4v) is 1.87. The molecule has 5 heteroatoms. The number of hydrazone groups is 1. The van der Waals surface area contributed by atoms with Gasteiger partial charge in [0.1, 0.15) is 0 Å². The van der Waals surface area contributed by atoms with Gasteiger partial charge in [-0.1, -0.05) is 32.3 Å². The number of allylic oxidation sites excluding steroid dienone is 1. The van der Waals surface area contributed by atoms with Crippen LogP contribution in [0.1, 0.15) is 33.6 Å². The van der Waals surface area contributed by atoms with Crippen molar-refractivity contribution in [3.63, 3.8) is 0 Å². The maximum absolute atomic E-state index is 12.6. The molecule has 1 heterocycles. The standard InChI is InChI=1S/C12H19F3N2/c1-4-10(5-2)8-17-7-9(3)6-11(16-17)12(13,14)15/h6,10H,4-5,7-8H2,1-3H3. The van der Waals surface area contributed by atoms with E-state index in [-0.39, 0.29) is 0 Å². The van der Waals surface area contributed by atoms with Gasteiger partial charge in [-0.2, -0.15) is 18.3 Å². The van der Waals surface area contributed by atoms with Crippen LogP contribution in [0.5, 0.6) is 0 Å². The molecular formula is C12H19F3N2. The summed E-state index contributed by atoms with van der Waals surface area (Å²) in [5.41, 5.74) is -0.0783. The van der Waals surface area contributed by atoms with Crippen molar-refractivity contribution in [2.45, 2.75) is 39.8 Å². The zero-order chi connectivity index (χ0) is 13.1. The molecule has 0 fully saturated rings. The lowest BCUT2D eigenvalue weighted by Crippen LogP contribution is -2.34. The Morgan fingerprint density at radius 1 is 1.35 bits per heavy atom. The third kappa shape index (κ3) is 4.06. The van der Waals surface area contributed by atoms with E-state index >= 15 is 0 Å². The number of nitrogens with zero attached hydrogens (tertiary/aromatic N) is 2. The predicted octanol–water partition coefficient (Wildman–Crippen LogP) is 3.60. The van der Waals surface area contributed by atoms with Gasteiger partial charge >= 0.3 is 6.18 Å². The van der Waals surface area contributed by atoms with Gasteiger partial charge in [-0.05, 0) is 18.9 Å². The Balaban J connectivity index is 2.77. The molecule has 0 spiro atoms. The highest BCUT2D eigenvalue weighted by Gasteiger charge is 2.36. The Morgan fingerprint density at radius 2 is 1.94 bits per heavy atom. The first-order chi connectivity index (χ1) is 7.86. The average Bonchev–Trinajstić information content (AvgIpc) is 2.24. The van der Waals surface area contributed by atoms with Crippen LogP contribution in [0.3, 0.4) is 0 Å². The zero-order valence-corrected chi connectivity index (χ0v) is 10.5. The van der Waals surface area contributed by atoms with Gasteiger partial charge in [-0.3, -0.25) is 5.01 Å². The molecule has 0 aromatic carbocycles. The Morgan fingerprint density at radius 3 is 2.41 bits per heavy atom. The van der Waals surface area contributed by atoms with Crippen molar-refractivity contribution < 1.29 is 13.2 Å². The highest BCUT2D eigenvalue weighted by atomic mass is 19.4. The molecule has 17 heavy (non-hydrogen) atoms. The largest absolute Gasteiger partial charge is 0.435 e. The summed E-state index contributed by atoms with van der Waals surface area (Å²) in [5, 5.41) is 5.23. The maximum Gasteiger partial charge on any atom is 0.435 e. The molecule has 0 atom stereocenters. The van der Waals surface area contributed by atoms with E-state index in [1.165, 1.54) is 5.01 Å². The van der Waals surface area contributed by atoms with Crippen LogP contribution in [-0.4, -0.2) is 30.0 Å². The number of hydrogen-bond acceptors (Lipinski definition) is 2. The number of hydrogen-bond donors (Lipinski definition) is 0. The fourth-order valence-electron chi connectivity index (χ4n) is 1.87. The molecule has 0 radical (unpaired) electrons. The molecule has 0 bridgehead atoms. The van der Waals surface area contributed by atoms with Gasteiger partial charge in [0.15, 0.2) is 5.71 Å². The second kappa shape index (κ2) is 5.56. The minimum absolute atomic E-state index is 0.402. The van der Waals surface area contributed by atoms with Gasteiger partial charge in [0.05, 0.1) is 6.54 Å². The van der Waals surface area contributed by atoms with E-state index in [0.717, 1.165) is 18.9 Å². The molecule has 0 N–H and O–H groups in total. The highest BCUT2D eigenvalue weighted by Crippen LogP contribution is 2.23. The van der Waals surface area contributed by atoms with E-state index in [0.29, 0.717) is 24.6 Å². The van der Waals surface area contributed by atoms with E-state index < -0.39 is 11.9 Å². The topological polar surface area (TPSA) is 15.6 Å². The van der Waals surface area contributed by atoms with Gasteiger partial charge in [0, 0.05) is 6.54 Å². The summed E-state index contributed by atoms with van der Waals surface area (Å²) in [6.45, 7) is 6.90. The minimum atomic E-state index is -4.35. The smallest absolute Gasteiger partial charge is 0.292 e. The Kier molecular flexibility index (Phi) is 4.60. The van der Waals surface area contributed by atoms with E-state index in [9.17, 15) is 13.2 Å². The van der Waals surface area contributed by atoms with Crippen LogP contribution in [-0.2, 0) is 0 Å². The number of rotatable bonds is 4. The van der Waals surface area contributed by atoms with Gasteiger partial charge in [-0.15, -0.1) is 0 Å². The van der Waals surface area contributed by atoms with Crippen LogP contribution >= 0.6 is 0 Å². The normalized spacial score (nSPS) is 17.2. The van der Waals surface area contributed by atoms with Crippen molar-refractivity contribution in [3.05, 3.63) is 11.6 Å². The van der Waals surface area contributed by atoms with Crippen LogP contribution in [0.4, 0.5) is 13.2 Å². The zero-order valence-electron chi connectivity index (χ0n) is 10.5. The van der Waals surface area contributed by atoms with Crippen molar-refractivity contribution in [2.24, 2.45) is 11.0 Å². The molecule has 2 nitrogen and oxygen atoms in total. The number of alkyl halides is 3. The molecule has 0 aliphatic carbocycles. The number of halogens is 3. The molecule has 0 unspecified atom stereocenters. The van der Waals surface area contributed by atoms with Crippen LogP contribution in [0.25, 0.3) is 0 Å². The first-order valence-electron chi connectivity index (χ1n) is 5.94. The molecule has 0 saturated carbocycles. The molecule has 0 aromatic rings. The molecule has 0 saturated heterocycles. The molecule has 0 amide bonds. The van der Waals surface area contributed by atoms with Crippen molar-refractivity contribution in [1.29, 1.82) is 0 Å². The van der Waals surface area contributed by atoms with E-state index in [1.54, 1.807) is 6.92 Å². The summed E-state index contributed by atoms with van der Waals surface area (Å²) in [6.07, 6.45) is -1.30. The van der Waals surface area contributed by atoms with E-state index in [2.05, 4.69) is 18.9 Å². The Labute approximate surface area is 100 Å². The Hall–Kier alpha value is -1.00. The van der Waals surface area contributed by atoms with Crippen molar-refractivity contribution in [3.8, 4) is 0 Å². The summed E-state index contributed by atoms with van der Waals surface area (Å²) in [4.78, 5) is 0. The Bertz CT molecular complexity index is 314. The van der Waals surface area contributed by atoms with Gasteiger partial charge in [0.2, 0.25) is 0 Å². The molecule has 98 valence electrons. The molecular weight excluding hydrogens is 229 g/mol. The lowest BCUT2D eigenvalue weighted by Gasteiger charge is -2.28. The van der Waals surface area contributed by atoms with Crippen LogP contribution in [0.15, 0.2) is 16.8 Å². The summed E-state index contributed by atoms with van der Waals surface area (Å²) in [5.74, 6) is 0.402. The van der Waals surface area contributed by atoms with Gasteiger partial charge < -0.3 is 0 Å². The summed E-state index contributed by atoms with van der Waals surface area (Å²) in [7, 11) is 0. The molecule has 1 aliphatic rings. The quantitative estimate of drug-likeness (QED) is 0.742. The van der Waals surface area contributed by atoms with Crippen LogP contribution in [0.2, 0.25) is 0 Å². The summed E-state index contributed by atoms with van der Waals surface area (Å²) >= 11 is 0. The molecule has 1 rings (SSSR count). The predicted molar refractivity (Wildman–Crippen MR) is 62.9 cm³/mol. The van der Waals surface area contributed by atoms with Crippen molar-refractivity contribution in [2.75, 3.05) is 13.1 Å². The molecule has 0 aromatic heterocycles. The SMILES string of the molecule is CCC(CC)CN1CC(C)=CC(C(F)(F)F)=N1. The summed E-state index contributed by atoms with van der Waals surface area (Å²) < 4.78 is 37.8. The fraction of sp³-hybridized carbons (Fsp3) is 0.750. The second-order valence-electron chi connectivity index (χ2n) is 4.50. The summed E-state index contributed by atoms with van der Waals surface area (Å²) in [6, 6.07) is 0. The first kappa shape index (κ1) is 14.1. The van der Waals surface area contributed by atoms with E-state index in [4.69, 9.17) is 0 Å². The van der Waals surface area contributed by atoms with Gasteiger partial charge in [-0.25, -0.2) is 0 Å². The first-order valence-corrected chi connectivity index (χ1v) is 5.94. The van der Waals surface area contributed by atoms with Crippen LogP contribution in [0, 0.1) is 5.92 Å². The lowest BCUT2D eigenvalue weighted by atomic mass is 10.0. The third-order valence-electron chi connectivity index (χ3n) is 2.98. The minimum Gasteiger partial charge on any atom is -0.292 e. The van der Waals surface area contributed by atoms with Crippen molar-refractivity contribution in [1.82, 2.24) is 5.01 Å². The van der Waals surface area contributed by atoms with E-state index in [1.807, 2.05) is 0 Å². The third-order valence-corrected chi connectivity index (χ3v) is 2.98. The maximum atomic E-state index is 12.6.